The molecule has 6 atom stereocenters. The van der Waals surface area contributed by atoms with E-state index in [0.29, 0.717) is 29.4 Å². The van der Waals surface area contributed by atoms with E-state index in [1.54, 1.807) is 0 Å². The van der Waals surface area contributed by atoms with Crippen LogP contribution in [0.4, 0.5) is 4.79 Å². The van der Waals surface area contributed by atoms with Crippen LogP contribution in [0.25, 0.3) is 0 Å². The summed E-state index contributed by atoms with van der Waals surface area (Å²) in [6.45, 7) is 5.35. The van der Waals surface area contributed by atoms with E-state index in [-0.39, 0.29) is 16.8 Å². The molecular formula is C29H45NO3S. The monoisotopic (exact) mass is 487 g/mol. The number of carbonyl (C=O) groups excluding carboxylic acids is 1. The Balaban J connectivity index is 1.33. The summed E-state index contributed by atoms with van der Waals surface area (Å²) in [6, 6.07) is 6.11. The molecule has 0 heterocycles. The van der Waals surface area contributed by atoms with E-state index in [2.05, 4.69) is 19.9 Å². The number of hydrogen-bond acceptors (Lipinski definition) is 4. The number of hydrogen-bond donors (Lipinski definition) is 2. The van der Waals surface area contributed by atoms with Gasteiger partial charge in [-0.3, -0.25) is 4.79 Å². The standard InChI is InChI=1S/C29H45NO3S/c1-4-5-16-30(3)28(33)34-17-8-6-7-9-20-18-25-23(22-11-10-21(31)19-24(20)22)14-15-29(2)26(25)12-13-27(29)32/h10-11,19-20,23,25-27,31-32H,4-9,12-18H2,1-3H3/t20-,23?,25?,26?,27+,29?/m1/s1. The molecule has 190 valence electrons. The fourth-order valence-electron chi connectivity index (χ4n) is 7.38. The fraction of sp³-hybridized carbons (Fsp3) is 0.759. The Morgan fingerprint density at radius 1 is 1.15 bits per heavy atom. The van der Waals surface area contributed by atoms with E-state index in [4.69, 9.17) is 0 Å². The molecule has 3 aliphatic carbocycles. The van der Waals surface area contributed by atoms with Crippen LogP contribution in [0.1, 0.15) is 107 Å². The second kappa shape index (κ2) is 11.2. The van der Waals surface area contributed by atoms with Crippen LogP contribution < -0.4 is 0 Å². The number of thioether (sulfide) groups is 1. The summed E-state index contributed by atoms with van der Waals surface area (Å²) in [6.07, 6.45) is 12.2. The number of nitrogens with zero attached hydrogens (tertiary/aromatic N) is 1. The van der Waals surface area contributed by atoms with E-state index < -0.39 is 0 Å². The Kier molecular flexibility index (Phi) is 8.56. The zero-order valence-electron chi connectivity index (χ0n) is 21.5. The highest BCUT2D eigenvalue weighted by Gasteiger charge is 2.55. The lowest BCUT2D eigenvalue weighted by molar-refractivity contribution is -0.0252. The minimum atomic E-state index is -0.139. The topological polar surface area (TPSA) is 60.8 Å². The van der Waals surface area contributed by atoms with Gasteiger partial charge >= 0.3 is 0 Å². The van der Waals surface area contributed by atoms with Crippen molar-refractivity contribution in [3.8, 4) is 5.75 Å². The zero-order chi connectivity index (χ0) is 24.3. The van der Waals surface area contributed by atoms with Gasteiger partial charge in [0, 0.05) is 19.3 Å². The molecule has 3 aliphatic rings. The summed E-state index contributed by atoms with van der Waals surface area (Å²) >= 11 is 1.47. The first-order valence-electron chi connectivity index (χ1n) is 13.7. The largest absolute Gasteiger partial charge is 0.508 e. The van der Waals surface area contributed by atoms with E-state index in [0.717, 1.165) is 70.1 Å². The maximum absolute atomic E-state index is 12.2. The van der Waals surface area contributed by atoms with Crippen molar-refractivity contribution in [1.29, 1.82) is 0 Å². The van der Waals surface area contributed by atoms with Gasteiger partial charge in [-0.05, 0) is 104 Å². The van der Waals surface area contributed by atoms with E-state index >= 15 is 0 Å². The van der Waals surface area contributed by atoms with Gasteiger partial charge < -0.3 is 15.1 Å². The van der Waals surface area contributed by atoms with E-state index in [1.807, 2.05) is 24.1 Å². The average molecular weight is 488 g/mol. The van der Waals surface area contributed by atoms with Crippen molar-refractivity contribution in [1.82, 2.24) is 4.90 Å². The third-order valence-corrected chi connectivity index (χ3v) is 10.5. The summed E-state index contributed by atoms with van der Waals surface area (Å²) in [5, 5.41) is 21.2. The minimum Gasteiger partial charge on any atom is -0.508 e. The molecule has 34 heavy (non-hydrogen) atoms. The molecule has 2 fully saturated rings. The van der Waals surface area contributed by atoms with Crippen molar-refractivity contribution in [3.63, 3.8) is 0 Å². The van der Waals surface area contributed by atoms with Crippen molar-refractivity contribution in [2.45, 2.75) is 102 Å². The van der Waals surface area contributed by atoms with Crippen molar-refractivity contribution in [2.75, 3.05) is 19.3 Å². The van der Waals surface area contributed by atoms with Gasteiger partial charge in [0.2, 0.25) is 0 Å². The molecule has 2 N–H and O–H groups in total. The molecule has 1 aromatic carbocycles. The Morgan fingerprint density at radius 3 is 2.76 bits per heavy atom. The molecule has 4 rings (SSSR count). The van der Waals surface area contributed by atoms with Gasteiger partial charge in [0.25, 0.3) is 5.24 Å². The summed E-state index contributed by atoms with van der Waals surface area (Å²) in [5.74, 6) is 3.66. The van der Waals surface area contributed by atoms with Crippen LogP contribution in [-0.4, -0.2) is 45.8 Å². The Morgan fingerprint density at radius 2 is 1.97 bits per heavy atom. The summed E-state index contributed by atoms with van der Waals surface area (Å²) in [5.41, 5.74) is 2.94. The predicted octanol–water partition coefficient (Wildman–Crippen LogP) is 7.30. The maximum Gasteiger partial charge on any atom is 0.281 e. The van der Waals surface area contributed by atoms with Gasteiger partial charge in [-0.25, -0.2) is 0 Å². The number of phenolic OH excluding ortho intramolecular Hbond substituents is 1. The third kappa shape index (κ3) is 5.31. The first kappa shape index (κ1) is 25.9. The van der Waals surface area contributed by atoms with E-state index in [9.17, 15) is 15.0 Å². The molecule has 0 radical (unpaired) electrons. The number of phenols is 1. The molecule has 0 aromatic heterocycles. The van der Waals surface area contributed by atoms with Gasteiger partial charge in [0.05, 0.1) is 6.10 Å². The van der Waals surface area contributed by atoms with Crippen LogP contribution in [0.15, 0.2) is 18.2 Å². The van der Waals surface area contributed by atoms with Crippen LogP contribution in [0, 0.1) is 17.3 Å². The number of aliphatic hydroxyl groups is 1. The second-order valence-electron chi connectivity index (χ2n) is 11.5. The number of aliphatic hydroxyl groups excluding tert-OH is 1. The normalized spacial score (nSPS) is 32.1. The number of rotatable bonds is 9. The predicted molar refractivity (Wildman–Crippen MR) is 142 cm³/mol. The molecule has 2 saturated carbocycles. The number of amides is 1. The molecule has 1 aromatic rings. The third-order valence-electron chi connectivity index (χ3n) is 9.43. The molecule has 0 spiro atoms. The van der Waals surface area contributed by atoms with Crippen molar-refractivity contribution in [3.05, 3.63) is 29.3 Å². The average Bonchev–Trinajstić information content (AvgIpc) is 3.13. The van der Waals surface area contributed by atoms with E-state index in [1.165, 1.54) is 35.7 Å². The Bertz CT molecular complexity index is 845. The van der Waals surface area contributed by atoms with Crippen LogP contribution >= 0.6 is 11.8 Å². The highest BCUT2D eigenvalue weighted by atomic mass is 32.2. The molecular weight excluding hydrogens is 442 g/mol. The van der Waals surface area contributed by atoms with Gasteiger partial charge in [-0.1, -0.05) is 50.9 Å². The number of aromatic hydroxyl groups is 1. The first-order chi connectivity index (χ1) is 16.3. The lowest BCUT2D eigenvalue weighted by Crippen LogP contribution is -2.44. The molecule has 0 saturated heterocycles. The second-order valence-corrected chi connectivity index (χ2v) is 12.5. The van der Waals surface area contributed by atoms with Gasteiger partial charge in [0.15, 0.2) is 0 Å². The van der Waals surface area contributed by atoms with Crippen LogP contribution in [0.2, 0.25) is 0 Å². The Hall–Kier alpha value is -1.20. The van der Waals surface area contributed by atoms with Gasteiger partial charge in [-0.2, -0.15) is 0 Å². The molecule has 1 amide bonds. The first-order valence-corrected chi connectivity index (χ1v) is 14.7. The van der Waals surface area contributed by atoms with Gasteiger partial charge in [0.1, 0.15) is 5.75 Å². The highest BCUT2D eigenvalue weighted by Crippen LogP contribution is 2.62. The number of benzene rings is 1. The molecule has 4 unspecified atom stereocenters. The maximum atomic E-state index is 12.2. The summed E-state index contributed by atoms with van der Waals surface area (Å²) in [7, 11) is 1.91. The molecule has 0 bridgehead atoms. The highest BCUT2D eigenvalue weighted by molar-refractivity contribution is 8.13. The smallest absolute Gasteiger partial charge is 0.281 e. The van der Waals surface area contributed by atoms with Crippen LogP contribution in [0.5, 0.6) is 5.75 Å². The van der Waals surface area contributed by atoms with Crippen molar-refractivity contribution < 1.29 is 15.0 Å². The Labute approximate surface area is 210 Å². The molecule has 4 nitrogen and oxygen atoms in total. The zero-order valence-corrected chi connectivity index (χ0v) is 22.3. The van der Waals surface area contributed by atoms with Gasteiger partial charge in [-0.15, -0.1) is 0 Å². The minimum absolute atomic E-state index is 0.0915. The lowest BCUT2D eigenvalue weighted by atomic mass is 9.53. The quantitative estimate of drug-likeness (QED) is 0.359. The van der Waals surface area contributed by atoms with Crippen LogP contribution in [0.3, 0.4) is 0 Å². The molecule has 5 heteroatoms. The molecule has 0 aliphatic heterocycles. The van der Waals surface area contributed by atoms with Crippen LogP contribution in [-0.2, 0) is 0 Å². The summed E-state index contributed by atoms with van der Waals surface area (Å²) < 4.78 is 0. The number of fused-ring (bicyclic) bond motifs is 5. The van der Waals surface area contributed by atoms with Crippen molar-refractivity contribution in [2.24, 2.45) is 17.3 Å². The fourth-order valence-corrected chi connectivity index (χ4v) is 8.22. The number of carbonyl (C=O) groups is 1. The number of unbranched alkanes of at least 4 members (excludes halogenated alkanes) is 3. The van der Waals surface area contributed by atoms with Crippen molar-refractivity contribution >= 4 is 17.0 Å². The summed E-state index contributed by atoms with van der Waals surface area (Å²) in [4.78, 5) is 14.1. The SMILES string of the molecule is CCCCN(C)C(=O)SCCCCC[C@@H]1CC2C(CCC3(C)C2CC[C@@H]3O)c2ccc(O)cc21. The lowest BCUT2D eigenvalue weighted by Gasteiger charge is -2.51.